The molecular formula is C9H9BrF3NO. The van der Waals surface area contributed by atoms with Gasteiger partial charge in [0.1, 0.15) is 11.3 Å². The zero-order valence-electron chi connectivity index (χ0n) is 7.70. The Morgan fingerprint density at radius 3 is 2.47 bits per heavy atom. The summed E-state index contributed by atoms with van der Waals surface area (Å²) in [6, 6.07) is 3.30. The SMILES string of the molecule is FC(F)(F)C1(NCc2ccc(Br)o2)CC1. The number of hydrogen-bond acceptors (Lipinski definition) is 2. The molecule has 84 valence electrons. The maximum Gasteiger partial charge on any atom is 0.406 e. The van der Waals surface area contributed by atoms with Gasteiger partial charge in [-0.25, -0.2) is 0 Å². The summed E-state index contributed by atoms with van der Waals surface area (Å²) in [7, 11) is 0. The average Bonchev–Trinajstić information content (AvgIpc) is 2.82. The van der Waals surface area contributed by atoms with Crippen LogP contribution in [0.1, 0.15) is 18.6 Å². The molecule has 0 spiro atoms. The van der Waals surface area contributed by atoms with Crippen LogP contribution in [0.3, 0.4) is 0 Å². The van der Waals surface area contributed by atoms with Crippen molar-refractivity contribution < 1.29 is 17.6 Å². The first-order valence-electron chi connectivity index (χ1n) is 4.49. The van der Waals surface area contributed by atoms with Gasteiger partial charge in [-0.2, -0.15) is 13.2 Å². The van der Waals surface area contributed by atoms with E-state index < -0.39 is 11.7 Å². The first-order chi connectivity index (χ1) is 6.93. The largest absolute Gasteiger partial charge is 0.453 e. The summed E-state index contributed by atoms with van der Waals surface area (Å²) in [4.78, 5) is 0. The zero-order chi connectivity index (χ0) is 11.1. The van der Waals surface area contributed by atoms with E-state index >= 15 is 0 Å². The van der Waals surface area contributed by atoms with Crippen LogP contribution in [0, 0.1) is 0 Å². The summed E-state index contributed by atoms with van der Waals surface area (Å²) >= 11 is 3.09. The lowest BCUT2D eigenvalue weighted by molar-refractivity contribution is -0.166. The molecule has 1 aliphatic rings. The van der Waals surface area contributed by atoms with Crippen molar-refractivity contribution in [2.24, 2.45) is 0 Å². The van der Waals surface area contributed by atoms with E-state index in [0.29, 0.717) is 10.4 Å². The molecule has 6 heteroatoms. The minimum atomic E-state index is -4.17. The fourth-order valence-electron chi connectivity index (χ4n) is 1.39. The Hall–Kier alpha value is -0.490. The Morgan fingerprint density at radius 1 is 1.40 bits per heavy atom. The molecule has 0 atom stereocenters. The molecule has 1 saturated carbocycles. The van der Waals surface area contributed by atoms with E-state index in [1.165, 1.54) is 0 Å². The highest BCUT2D eigenvalue weighted by Gasteiger charge is 2.63. The molecule has 0 bridgehead atoms. The second-order valence-corrected chi connectivity index (χ2v) is 4.42. The maximum absolute atomic E-state index is 12.5. The van der Waals surface area contributed by atoms with Gasteiger partial charge in [-0.3, -0.25) is 5.32 Å². The minimum absolute atomic E-state index is 0.102. The second-order valence-electron chi connectivity index (χ2n) is 3.64. The van der Waals surface area contributed by atoms with Crippen molar-refractivity contribution in [3.05, 3.63) is 22.6 Å². The number of alkyl halides is 3. The molecule has 0 saturated heterocycles. The number of nitrogens with one attached hydrogen (secondary N) is 1. The van der Waals surface area contributed by atoms with Gasteiger partial charge in [0, 0.05) is 0 Å². The fourth-order valence-corrected chi connectivity index (χ4v) is 1.73. The van der Waals surface area contributed by atoms with Crippen LogP contribution in [0.2, 0.25) is 0 Å². The molecule has 0 unspecified atom stereocenters. The molecule has 1 aromatic rings. The van der Waals surface area contributed by atoms with Gasteiger partial charge >= 0.3 is 6.18 Å². The number of hydrogen-bond donors (Lipinski definition) is 1. The number of halogens is 4. The summed E-state index contributed by atoms with van der Waals surface area (Å²) in [5.41, 5.74) is -1.67. The van der Waals surface area contributed by atoms with E-state index in [9.17, 15) is 13.2 Å². The monoisotopic (exact) mass is 283 g/mol. The van der Waals surface area contributed by atoms with Crippen molar-refractivity contribution in [3.63, 3.8) is 0 Å². The first-order valence-corrected chi connectivity index (χ1v) is 5.28. The average molecular weight is 284 g/mol. The van der Waals surface area contributed by atoms with Gasteiger partial charge in [-0.1, -0.05) is 0 Å². The van der Waals surface area contributed by atoms with Gasteiger partial charge in [0.2, 0.25) is 0 Å². The predicted octanol–water partition coefficient (Wildman–Crippen LogP) is 3.23. The molecule has 15 heavy (non-hydrogen) atoms. The Kier molecular flexibility index (Phi) is 2.58. The van der Waals surface area contributed by atoms with Crippen molar-refractivity contribution >= 4 is 15.9 Å². The van der Waals surface area contributed by atoms with Crippen LogP contribution in [-0.4, -0.2) is 11.7 Å². The number of rotatable bonds is 3. The molecule has 2 rings (SSSR count). The van der Waals surface area contributed by atoms with Crippen molar-refractivity contribution in [1.82, 2.24) is 5.32 Å². The lowest BCUT2D eigenvalue weighted by atomic mass is 10.2. The molecule has 1 aliphatic carbocycles. The van der Waals surface area contributed by atoms with E-state index in [2.05, 4.69) is 21.2 Å². The Balaban J connectivity index is 1.94. The topological polar surface area (TPSA) is 25.2 Å². The van der Waals surface area contributed by atoms with Gasteiger partial charge in [-0.05, 0) is 40.9 Å². The Labute approximate surface area is 93.0 Å². The van der Waals surface area contributed by atoms with Crippen molar-refractivity contribution in [3.8, 4) is 0 Å². The van der Waals surface area contributed by atoms with Crippen LogP contribution in [0.4, 0.5) is 13.2 Å². The minimum Gasteiger partial charge on any atom is -0.453 e. The predicted molar refractivity (Wildman–Crippen MR) is 51.3 cm³/mol. The quantitative estimate of drug-likeness (QED) is 0.921. The van der Waals surface area contributed by atoms with Crippen LogP contribution in [-0.2, 0) is 6.54 Å². The van der Waals surface area contributed by atoms with Crippen molar-refractivity contribution in [2.75, 3.05) is 0 Å². The highest BCUT2D eigenvalue weighted by Crippen LogP contribution is 2.49. The van der Waals surface area contributed by atoms with Crippen molar-refractivity contribution in [2.45, 2.75) is 31.1 Å². The van der Waals surface area contributed by atoms with E-state index in [1.807, 2.05) is 0 Å². The molecule has 0 amide bonds. The summed E-state index contributed by atoms with van der Waals surface area (Å²) in [6.45, 7) is 0.102. The van der Waals surface area contributed by atoms with E-state index in [4.69, 9.17) is 4.42 Å². The third-order valence-corrected chi connectivity index (χ3v) is 2.95. The van der Waals surface area contributed by atoms with Gasteiger partial charge in [0.05, 0.1) is 6.54 Å². The van der Waals surface area contributed by atoms with Gasteiger partial charge < -0.3 is 4.42 Å². The molecule has 2 nitrogen and oxygen atoms in total. The summed E-state index contributed by atoms with van der Waals surface area (Å²) in [5, 5.41) is 2.50. The molecule has 0 radical (unpaired) electrons. The normalized spacial score (nSPS) is 19.2. The molecule has 1 heterocycles. The Bertz CT molecular complexity index is 356. The molecule has 1 N–H and O–H groups in total. The molecule has 0 aliphatic heterocycles. The molecule has 0 aromatic carbocycles. The zero-order valence-corrected chi connectivity index (χ0v) is 9.28. The van der Waals surface area contributed by atoms with Crippen molar-refractivity contribution in [1.29, 1.82) is 0 Å². The maximum atomic E-state index is 12.5. The standard InChI is InChI=1S/C9H9BrF3NO/c10-7-2-1-6(15-7)5-14-8(3-4-8)9(11,12)13/h1-2,14H,3-5H2. The van der Waals surface area contributed by atoms with Gasteiger partial charge in [-0.15, -0.1) is 0 Å². The molecule has 1 fully saturated rings. The van der Waals surface area contributed by atoms with Crippen LogP contribution < -0.4 is 5.32 Å². The Morgan fingerprint density at radius 2 is 2.07 bits per heavy atom. The summed E-state index contributed by atoms with van der Waals surface area (Å²) in [6.07, 6.45) is -3.87. The second kappa shape index (κ2) is 3.52. The van der Waals surface area contributed by atoms with Gasteiger partial charge in [0.25, 0.3) is 0 Å². The van der Waals surface area contributed by atoms with Crippen LogP contribution in [0.15, 0.2) is 21.2 Å². The highest BCUT2D eigenvalue weighted by atomic mass is 79.9. The van der Waals surface area contributed by atoms with Gasteiger partial charge in [0.15, 0.2) is 4.67 Å². The van der Waals surface area contributed by atoms with E-state index in [-0.39, 0.29) is 19.4 Å². The van der Waals surface area contributed by atoms with Crippen LogP contribution in [0.25, 0.3) is 0 Å². The third-order valence-electron chi connectivity index (χ3n) is 2.52. The van der Waals surface area contributed by atoms with Crippen LogP contribution in [0.5, 0.6) is 0 Å². The van der Waals surface area contributed by atoms with E-state index in [1.54, 1.807) is 12.1 Å². The smallest absolute Gasteiger partial charge is 0.406 e. The lowest BCUT2D eigenvalue weighted by Gasteiger charge is -2.19. The summed E-state index contributed by atoms with van der Waals surface area (Å²) < 4.78 is 43.1. The summed E-state index contributed by atoms with van der Waals surface area (Å²) in [5.74, 6) is 0.498. The third kappa shape index (κ3) is 2.20. The van der Waals surface area contributed by atoms with Crippen LogP contribution >= 0.6 is 15.9 Å². The molecular weight excluding hydrogens is 275 g/mol. The first kappa shape index (κ1) is 11.0. The fraction of sp³-hybridized carbons (Fsp3) is 0.556. The number of furan rings is 1. The lowest BCUT2D eigenvalue weighted by Crippen LogP contribution is -2.44. The highest BCUT2D eigenvalue weighted by molar-refractivity contribution is 9.10. The molecule has 1 aromatic heterocycles. The van der Waals surface area contributed by atoms with E-state index in [0.717, 1.165) is 0 Å².